The van der Waals surface area contributed by atoms with Crippen molar-refractivity contribution >= 4 is 92.5 Å². The van der Waals surface area contributed by atoms with E-state index in [1.165, 1.54) is 0 Å². The number of benzene rings is 3. The number of nitrogens with zero attached hydrogens (tertiary/aromatic N) is 1. The van der Waals surface area contributed by atoms with E-state index in [9.17, 15) is 19.2 Å². The number of halogens is 4. The van der Waals surface area contributed by atoms with Crippen molar-refractivity contribution in [2.24, 2.45) is 0 Å². The van der Waals surface area contributed by atoms with Gasteiger partial charge in [-0.3, -0.25) is 19.3 Å². The van der Waals surface area contributed by atoms with Crippen molar-refractivity contribution in [2.75, 3.05) is 6.54 Å². The fourth-order valence-electron chi connectivity index (χ4n) is 3.98. The first-order valence-electron chi connectivity index (χ1n) is 10.7. The van der Waals surface area contributed by atoms with E-state index in [1.54, 1.807) is 48.5 Å². The highest BCUT2D eigenvalue weighted by atomic mass is 79.9. The van der Waals surface area contributed by atoms with Crippen LogP contribution in [0.4, 0.5) is 0 Å². The third-order valence-electron chi connectivity index (χ3n) is 5.73. The lowest BCUT2D eigenvalue weighted by molar-refractivity contribution is -0.134. The van der Waals surface area contributed by atoms with Crippen LogP contribution in [0.5, 0.6) is 5.75 Å². The van der Waals surface area contributed by atoms with E-state index >= 15 is 0 Å². The summed E-state index contributed by atoms with van der Waals surface area (Å²) in [4.78, 5) is 53.5. The van der Waals surface area contributed by atoms with Crippen LogP contribution in [0, 0.1) is 6.92 Å². The number of ether oxygens (including phenoxy) is 1. The molecule has 1 aromatic heterocycles. The Kier molecular flexibility index (Phi) is 6.99. The zero-order valence-electron chi connectivity index (χ0n) is 18.7. The Morgan fingerprint density at radius 3 is 2.05 bits per heavy atom. The van der Waals surface area contributed by atoms with Crippen LogP contribution in [0.15, 0.2) is 75.6 Å². The molecule has 0 atom stereocenters. The number of carbonyl (C=O) groups is 3. The second-order valence-corrected chi connectivity index (χ2v) is 11.3. The molecule has 0 spiro atoms. The van der Waals surface area contributed by atoms with E-state index in [2.05, 4.69) is 63.7 Å². The SMILES string of the molecule is Cc1ccc2oc(-c3ccccc3)c(OC(=O)CN3C(=O)c4c(Br)c(Br)c(Br)c(Br)c4C3=O)c(=O)c2c1. The Hall–Kier alpha value is -2.60. The topological polar surface area (TPSA) is 93.9 Å². The maximum absolute atomic E-state index is 13.4. The summed E-state index contributed by atoms with van der Waals surface area (Å²) in [6.45, 7) is 1.12. The van der Waals surface area contributed by atoms with Crippen LogP contribution in [0.1, 0.15) is 26.3 Å². The zero-order chi connectivity index (χ0) is 26.6. The van der Waals surface area contributed by atoms with Crippen LogP contribution >= 0.6 is 63.7 Å². The predicted molar refractivity (Wildman–Crippen MR) is 151 cm³/mol. The second kappa shape index (κ2) is 9.94. The quantitative estimate of drug-likeness (QED) is 0.0963. The summed E-state index contributed by atoms with van der Waals surface area (Å²) in [6.07, 6.45) is 0. The number of aryl methyl sites for hydroxylation is 1. The smallest absolute Gasteiger partial charge is 0.331 e. The molecule has 0 aliphatic carbocycles. The molecule has 1 aliphatic rings. The number of fused-ring (bicyclic) bond motifs is 2. The molecule has 37 heavy (non-hydrogen) atoms. The minimum absolute atomic E-state index is 0.0658. The maximum atomic E-state index is 13.4. The average molecular weight is 755 g/mol. The van der Waals surface area contributed by atoms with Gasteiger partial charge in [0.25, 0.3) is 11.8 Å². The first-order valence-corrected chi connectivity index (χ1v) is 13.8. The van der Waals surface area contributed by atoms with Crippen LogP contribution in [0.3, 0.4) is 0 Å². The zero-order valence-corrected chi connectivity index (χ0v) is 25.1. The van der Waals surface area contributed by atoms with E-state index in [0.29, 0.717) is 29.0 Å². The molecule has 1 aliphatic heterocycles. The number of imide groups is 1. The Morgan fingerprint density at radius 1 is 0.865 bits per heavy atom. The van der Waals surface area contributed by atoms with Gasteiger partial charge in [-0.25, -0.2) is 4.79 Å². The van der Waals surface area contributed by atoms with Gasteiger partial charge in [0.1, 0.15) is 12.1 Å². The minimum atomic E-state index is -0.976. The molecule has 4 aromatic rings. The highest BCUT2D eigenvalue weighted by molar-refractivity contribution is 9.15. The average Bonchev–Trinajstić information content (AvgIpc) is 3.13. The lowest BCUT2D eigenvalue weighted by atomic mass is 10.1. The van der Waals surface area contributed by atoms with Gasteiger partial charge in [-0.05, 0) is 82.8 Å². The largest absolute Gasteiger partial charge is 0.452 e. The lowest BCUT2D eigenvalue weighted by Gasteiger charge is -2.14. The molecule has 0 saturated carbocycles. The summed E-state index contributed by atoms with van der Waals surface area (Å²) in [5.74, 6) is -2.59. The van der Waals surface area contributed by atoms with Crippen molar-refractivity contribution in [1.29, 1.82) is 0 Å². The number of amides is 2. The molecule has 0 bridgehead atoms. The molecule has 0 unspecified atom stereocenters. The number of carbonyl (C=O) groups excluding carboxylic acids is 3. The van der Waals surface area contributed by atoms with E-state index in [0.717, 1.165) is 10.5 Å². The van der Waals surface area contributed by atoms with Gasteiger partial charge in [0, 0.05) is 23.5 Å². The van der Waals surface area contributed by atoms with E-state index in [1.807, 2.05) is 6.92 Å². The normalized spacial score (nSPS) is 12.8. The predicted octanol–water partition coefficient (Wildman–Crippen LogP) is 7.02. The molecule has 0 fully saturated rings. The third kappa shape index (κ3) is 4.41. The van der Waals surface area contributed by atoms with E-state index in [4.69, 9.17) is 9.15 Å². The highest BCUT2D eigenvalue weighted by Gasteiger charge is 2.42. The number of hydrogen-bond donors (Lipinski definition) is 0. The van der Waals surface area contributed by atoms with Crippen molar-refractivity contribution in [3.63, 3.8) is 0 Å². The summed E-state index contributed by atoms with van der Waals surface area (Å²) >= 11 is 13.4. The molecule has 0 saturated heterocycles. The Labute approximate surface area is 243 Å². The van der Waals surface area contributed by atoms with Gasteiger partial charge in [0.15, 0.2) is 5.76 Å². The van der Waals surface area contributed by atoms with Gasteiger partial charge >= 0.3 is 5.97 Å². The fraction of sp³-hybridized carbons (Fsp3) is 0.0769. The molecule has 0 N–H and O–H groups in total. The first kappa shape index (κ1) is 26.0. The molecule has 2 amide bonds. The van der Waals surface area contributed by atoms with Crippen LogP contribution in [-0.2, 0) is 4.79 Å². The van der Waals surface area contributed by atoms with Crippen molar-refractivity contribution in [2.45, 2.75) is 6.92 Å². The summed E-state index contributed by atoms with van der Waals surface area (Å²) in [7, 11) is 0. The van der Waals surface area contributed by atoms with Gasteiger partial charge in [-0.2, -0.15) is 0 Å². The molecule has 2 heterocycles. The van der Waals surface area contributed by atoms with Crippen molar-refractivity contribution in [3.8, 4) is 17.1 Å². The molecule has 186 valence electrons. The standard InChI is InChI=1S/C26H13Br4NO6/c1-11-7-8-14-13(9-11)22(33)24(23(36-14)12-5-3-2-4-6-12)37-15(32)10-31-25(34)16-17(26(31)35)19(28)21(30)20(29)18(16)27/h2-9H,10H2,1H3. The number of esters is 1. The van der Waals surface area contributed by atoms with Gasteiger partial charge < -0.3 is 9.15 Å². The number of hydrogen-bond acceptors (Lipinski definition) is 6. The second-order valence-electron chi connectivity index (χ2n) is 8.13. The molecule has 7 nitrogen and oxygen atoms in total. The Balaban J connectivity index is 1.53. The maximum Gasteiger partial charge on any atom is 0.331 e. The molecular formula is C26H13Br4NO6. The van der Waals surface area contributed by atoms with Gasteiger partial charge in [0.05, 0.1) is 16.5 Å². The summed E-state index contributed by atoms with van der Waals surface area (Å²) < 4.78 is 13.3. The first-order chi connectivity index (χ1) is 17.6. The van der Waals surface area contributed by atoms with Crippen LogP contribution in [0.2, 0.25) is 0 Å². The number of rotatable bonds is 4. The van der Waals surface area contributed by atoms with Crippen molar-refractivity contribution in [3.05, 3.63) is 93.3 Å². The molecule has 0 radical (unpaired) electrons. The van der Waals surface area contributed by atoms with Gasteiger partial charge in [0.2, 0.25) is 11.2 Å². The van der Waals surface area contributed by atoms with Crippen LogP contribution in [0.25, 0.3) is 22.3 Å². The summed E-state index contributed by atoms with van der Waals surface area (Å²) in [6, 6.07) is 13.9. The summed E-state index contributed by atoms with van der Waals surface area (Å²) in [5.41, 5.74) is 1.34. The van der Waals surface area contributed by atoms with Gasteiger partial charge in [-0.15, -0.1) is 0 Å². The van der Waals surface area contributed by atoms with Crippen molar-refractivity contribution in [1.82, 2.24) is 4.90 Å². The fourth-order valence-corrected chi connectivity index (χ4v) is 6.44. The van der Waals surface area contributed by atoms with E-state index in [-0.39, 0.29) is 28.0 Å². The van der Waals surface area contributed by atoms with Crippen molar-refractivity contribution < 1.29 is 23.5 Å². The molecule has 3 aromatic carbocycles. The minimum Gasteiger partial charge on any atom is -0.452 e. The monoisotopic (exact) mass is 751 g/mol. The van der Waals surface area contributed by atoms with Crippen LogP contribution in [-0.4, -0.2) is 29.2 Å². The third-order valence-corrected chi connectivity index (χ3v) is 10.5. The molecule has 5 rings (SSSR count). The molecular weight excluding hydrogens is 742 g/mol. The van der Waals surface area contributed by atoms with Crippen LogP contribution < -0.4 is 10.2 Å². The Morgan fingerprint density at radius 2 is 1.46 bits per heavy atom. The van der Waals surface area contributed by atoms with Gasteiger partial charge in [-0.1, -0.05) is 42.0 Å². The molecule has 11 heteroatoms. The highest BCUT2D eigenvalue weighted by Crippen LogP contribution is 2.45. The summed E-state index contributed by atoms with van der Waals surface area (Å²) in [5, 5.41) is 0.241. The lowest BCUT2D eigenvalue weighted by Crippen LogP contribution is -2.37. The Bertz CT molecular complexity index is 1670. The van der Waals surface area contributed by atoms with E-state index < -0.39 is 29.8 Å².